The van der Waals surface area contributed by atoms with Crippen LogP contribution < -0.4 is 0 Å². The Balaban J connectivity index is 3.65. The van der Waals surface area contributed by atoms with E-state index in [0.29, 0.717) is 0 Å². The Bertz CT molecular complexity index is 251. The normalized spacial score (nSPS) is 11.8. The van der Waals surface area contributed by atoms with Crippen molar-refractivity contribution in [2.24, 2.45) is 5.92 Å². The summed E-state index contributed by atoms with van der Waals surface area (Å²) in [6.45, 7) is 13.4. The predicted molar refractivity (Wildman–Crippen MR) is 130 cm³/mol. The van der Waals surface area contributed by atoms with Gasteiger partial charge in [0.15, 0.2) is 0 Å². The molecule has 0 heterocycles. The van der Waals surface area contributed by atoms with Crippen molar-refractivity contribution in [1.29, 1.82) is 0 Å². The fourth-order valence-electron chi connectivity index (χ4n) is 4.07. The van der Waals surface area contributed by atoms with Crippen molar-refractivity contribution >= 4 is 0 Å². The van der Waals surface area contributed by atoms with Crippen molar-refractivity contribution in [1.82, 2.24) is 4.90 Å². The number of unbranched alkanes of at least 4 members (excludes halogenated alkanes) is 16. The molecular weight excluding hydrogens is 338 g/mol. The molecule has 0 saturated carbocycles. The molecule has 0 aromatic carbocycles. The minimum atomic E-state index is 0.841. The largest absolute Gasteiger partial charge is 0.303 e. The van der Waals surface area contributed by atoms with Crippen LogP contribution in [0, 0.1) is 5.92 Å². The van der Waals surface area contributed by atoms with E-state index in [0.717, 1.165) is 5.92 Å². The Morgan fingerprint density at radius 2 is 0.750 bits per heavy atom. The summed E-state index contributed by atoms with van der Waals surface area (Å²) in [4.78, 5) is 2.78. The third kappa shape index (κ3) is 22.3. The van der Waals surface area contributed by atoms with Gasteiger partial charge in [0.2, 0.25) is 0 Å². The summed E-state index contributed by atoms with van der Waals surface area (Å²) in [6, 6.07) is 0. The number of nitrogens with zero attached hydrogens (tertiary/aromatic N) is 1. The first-order chi connectivity index (χ1) is 13.7. The second kappa shape index (κ2) is 23.2. The van der Waals surface area contributed by atoms with E-state index in [9.17, 15) is 0 Å². The molecule has 0 atom stereocenters. The molecule has 1 heteroatoms. The molecule has 0 rings (SSSR count). The van der Waals surface area contributed by atoms with Gasteiger partial charge in [0, 0.05) is 0 Å². The Morgan fingerprint density at radius 3 is 1.07 bits per heavy atom. The molecule has 0 aliphatic rings. The predicted octanol–water partition coefficient (Wildman–Crippen LogP) is 9.40. The van der Waals surface area contributed by atoms with E-state index in [-0.39, 0.29) is 0 Å². The van der Waals surface area contributed by atoms with Crippen LogP contribution >= 0.6 is 0 Å². The highest BCUT2D eigenvalue weighted by Gasteiger charge is 2.06. The zero-order chi connectivity index (χ0) is 20.7. The maximum atomic E-state index is 2.78. The van der Waals surface area contributed by atoms with E-state index in [2.05, 4.69) is 32.6 Å². The lowest BCUT2D eigenvalue weighted by Gasteiger charge is -2.23. The molecule has 0 aromatic rings. The fourth-order valence-corrected chi connectivity index (χ4v) is 4.07. The van der Waals surface area contributed by atoms with Gasteiger partial charge in [-0.05, 0) is 44.8 Å². The molecule has 0 aliphatic heterocycles. The van der Waals surface area contributed by atoms with Crippen molar-refractivity contribution in [3.05, 3.63) is 0 Å². The molecule has 0 bridgehead atoms. The highest BCUT2D eigenvalue weighted by atomic mass is 15.1. The van der Waals surface area contributed by atoms with Crippen LogP contribution in [0.3, 0.4) is 0 Å². The minimum absolute atomic E-state index is 0.841. The zero-order valence-electron chi connectivity index (χ0n) is 20.6. The van der Waals surface area contributed by atoms with E-state index in [1.807, 2.05) is 0 Å². The smallest absolute Gasteiger partial charge is 0.00163 e. The molecule has 0 saturated heterocycles. The van der Waals surface area contributed by atoms with Crippen LogP contribution in [0.15, 0.2) is 0 Å². The van der Waals surface area contributed by atoms with Gasteiger partial charge in [-0.25, -0.2) is 0 Å². The van der Waals surface area contributed by atoms with E-state index in [1.165, 1.54) is 142 Å². The van der Waals surface area contributed by atoms with Gasteiger partial charge < -0.3 is 4.90 Å². The van der Waals surface area contributed by atoms with Crippen LogP contribution in [0.5, 0.6) is 0 Å². The third-order valence-electron chi connectivity index (χ3n) is 6.18. The van der Waals surface area contributed by atoms with Crippen molar-refractivity contribution in [2.75, 3.05) is 19.6 Å². The van der Waals surface area contributed by atoms with Crippen LogP contribution in [0.4, 0.5) is 0 Å². The number of hydrogen-bond donors (Lipinski definition) is 0. The summed E-state index contributed by atoms with van der Waals surface area (Å²) in [5, 5.41) is 0. The first-order valence-corrected chi connectivity index (χ1v) is 13.4. The maximum absolute atomic E-state index is 2.78. The topological polar surface area (TPSA) is 3.24 Å². The van der Waals surface area contributed by atoms with Crippen molar-refractivity contribution in [3.63, 3.8) is 0 Å². The fraction of sp³-hybridized carbons (Fsp3) is 1.00. The standard InChI is InChI=1S/C27H57N/c1-5-7-9-11-13-15-17-19-21-24-28(26-23-27(3)4)25-22-20-18-16-14-12-10-8-6-2/h27H,5-26H2,1-4H3. The van der Waals surface area contributed by atoms with Gasteiger partial charge in [0.05, 0.1) is 0 Å². The van der Waals surface area contributed by atoms with Gasteiger partial charge in [-0.15, -0.1) is 0 Å². The van der Waals surface area contributed by atoms with Gasteiger partial charge in [-0.2, -0.15) is 0 Å². The Hall–Kier alpha value is -0.0400. The van der Waals surface area contributed by atoms with E-state index >= 15 is 0 Å². The third-order valence-corrected chi connectivity index (χ3v) is 6.18. The molecule has 28 heavy (non-hydrogen) atoms. The van der Waals surface area contributed by atoms with Gasteiger partial charge >= 0.3 is 0 Å². The second-order valence-electron chi connectivity index (χ2n) is 9.68. The Morgan fingerprint density at radius 1 is 0.429 bits per heavy atom. The maximum Gasteiger partial charge on any atom is -0.00163 e. The molecule has 0 amide bonds. The Labute approximate surface area is 180 Å². The molecule has 0 spiro atoms. The van der Waals surface area contributed by atoms with Crippen LogP contribution in [0.1, 0.15) is 150 Å². The van der Waals surface area contributed by atoms with Crippen molar-refractivity contribution < 1.29 is 0 Å². The summed E-state index contributed by atoms with van der Waals surface area (Å²) in [6.07, 6.45) is 27.3. The SMILES string of the molecule is CCCCCCCCCCCN(CCCCCCCCCCC)CCC(C)C. The van der Waals surface area contributed by atoms with Crippen LogP contribution in [0.25, 0.3) is 0 Å². The van der Waals surface area contributed by atoms with Gasteiger partial charge in [-0.1, -0.05) is 130 Å². The molecule has 0 fully saturated rings. The molecule has 0 unspecified atom stereocenters. The lowest BCUT2D eigenvalue weighted by molar-refractivity contribution is 0.246. The average Bonchev–Trinajstić information content (AvgIpc) is 2.68. The van der Waals surface area contributed by atoms with Crippen LogP contribution in [-0.2, 0) is 0 Å². The molecule has 0 aromatic heterocycles. The summed E-state index contributed by atoms with van der Waals surface area (Å²) < 4.78 is 0. The van der Waals surface area contributed by atoms with Crippen LogP contribution in [0.2, 0.25) is 0 Å². The monoisotopic (exact) mass is 395 g/mol. The zero-order valence-corrected chi connectivity index (χ0v) is 20.6. The summed E-state index contributed by atoms with van der Waals surface area (Å²) in [7, 11) is 0. The molecule has 1 nitrogen and oxygen atoms in total. The molecule has 170 valence electrons. The van der Waals surface area contributed by atoms with Crippen molar-refractivity contribution in [3.8, 4) is 0 Å². The summed E-state index contributed by atoms with van der Waals surface area (Å²) in [5.74, 6) is 0.841. The molecule has 0 N–H and O–H groups in total. The second-order valence-corrected chi connectivity index (χ2v) is 9.68. The minimum Gasteiger partial charge on any atom is -0.303 e. The average molecular weight is 396 g/mol. The lowest BCUT2D eigenvalue weighted by atomic mass is 10.1. The quantitative estimate of drug-likeness (QED) is 0.156. The number of hydrogen-bond acceptors (Lipinski definition) is 1. The highest BCUT2D eigenvalue weighted by Crippen LogP contribution is 2.13. The number of rotatable bonds is 23. The van der Waals surface area contributed by atoms with Gasteiger partial charge in [0.25, 0.3) is 0 Å². The molecule has 0 radical (unpaired) electrons. The van der Waals surface area contributed by atoms with E-state index in [4.69, 9.17) is 0 Å². The first kappa shape index (κ1) is 28.0. The van der Waals surface area contributed by atoms with E-state index < -0.39 is 0 Å². The highest BCUT2D eigenvalue weighted by molar-refractivity contribution is 4.61. The molecular formula is C27H57N. The summed E-state index contributed by atoms with van der Waals surface area (Å²) >= 11 is 0. The van der Waals surface area contributed by atoms with Gasteiger partial charge in [0.1, 0.15) is 0 Å². The molecule has 0 aliphatic carbocycles. The first-order valence-electron chi connectivity index (χ1n) is 13.4. The summed E-state index contributed by atoms with van der Waals surface area (Å²) in [5.41, 5.74) is 0. The Kier molecular flexibility index (Phi) is 23.2. The lowest BCUT2D eigenvalue weighted by Crippen LogP contribution is -2.28. The van der Waals surface area contributed by atoms with Gasteiger partial charge in [-0.3, -0.25) is 0 Å². The van der Waals surface area contributed by atoms with Crippen LogP contribution in [-0.4, -0.2) is 24.5 Å². The van der Waals surface area contributed by atoms with E-state index in [1.54, 1.807) is 0 Å². The van der Waals surface area contributed by atoms with Crippen molar-refractivity contribution in [2.45, 2.75) is 150 Å².